The summed E-state index contributed by atoms with van der Waals surface area (Å²) < 4.78 is 9.01. The largest absolute Gasteiger partial charge is 0.454 e. The summed E-state index contributed by atoms with van der Waals surface area (Å²) in [7, 11) is 0. The van der Waals surface area contributed by atoms with Gasteiger partial charge in [0, 0.05) is 17.0 Å². The van der Waals surface area contributed by atoms with E-state index in [2.05, 4.69) is 11.1 Å². The van der Waals surface area contributed by atoms with Crippen molar-refractivity contribution in [3.05, 3.63) is 68.8 Å². The fraction of sp³-hybridized carbons (Fsp3) is 0.174. The van der Waals surface area contributed by atoms with Crippen LogP contribution in [0.3, 0.4) is 0 Å². The van der Waals surface area contributed by atoms with E-state index in [-0.39, 0.29) is 5.56 Å². The smallest absolute Gasteiger partial charge is 0.262 e. The van der Waals surface area contributed by atoms with Crippen LogP contribution in [0.2, 0.25) is 0 Å². The fourth-order valence-electron chi connectivity index (χ4n) is 3.96. The van der Waals surface area contributed by atoms with Crippen molar-refractivity contribution in [3.63, 3.8) is 0 Å². The third-order valence-electron chi connectivity index (χ3n) is 5.63. The maximum absolute atomic E-state index is 13.0. The Hall–Kier alpha value is -3.03. The van der Waals surface area contributed by atoms with Gasteiger partial charge in [-0.15, -0.1) is 22.7 Å². The molecule has 0 unspecified atom stereocenters. The summed E-state index contributed by atoms with van der Waals surface area (Å²) in [5.74, 6) is 2.26. The number of allylic oxidation sites excluding steroid dienone is 1. The molecule has 0 N–H and O–H groups in total. The first kappa shape index (κ1) is 17.8. The molecule has 1 aromatic carbocycles. The third-order valence-corrected chi connectivity index (χ3v) is 7.78. The van der Waals surface area contributed by atoms with Crippen LogP contribution in [0.5, 0.6) is 0 Å². The van der Waals surface area contributed by atoms with Gasteiger partial charge in [-0.05, 0) is 56.2 Å². The second-order valence-corrected chi connectivity index (χ2v) is 9.70. The lowest BCUT2D eigenvalue weighted by atomic mass is 10.2. The molecule has 6 rings (SSSR count). The first-order valence-electron chi connectivity index (χ1n) is 9.76. The number of thiophene rings is 1. The summed E-state index contributed by atoms with van der Waals surface area (Å²) in [6.07, 6.45) is 2.77. The number of benzene rings is 1. The maximum Gasteiger partial charge on any atom is 0.262 e. The molecule has 0 bridgehead atoms. The van der Waals surface area contributed by atoms with Crippen molar-refractivity contribution < 1.29 is 4.42 Å². The van der Waals surface area contributed by atoms with Crippen molar-refractivity contribution in [2.24, 2.45) is 0 Å². The Morgan fingerprint density at radius 3 is 2.83 bits per heavy atom. The number of furan rings is 1. The minimum absolute atomic E-state index is 0.0647. The summed E-state index contributed by atoms with van der Waals surface area (Å²) in [5.41, 5.74) is 3.12. The molecule has 0 saturated carbocycles. The molecule has 0 aliphatic carbocycles. The van der Waals surface area contributed by atoms with Crippen LogP contribution >= 0.6 is 22.7 Å². The molecule has 0 fully saturated rings. The van der Waals surface area contributed by atoms with Gasteiger partial charge < -0.3 is 4.42 Å². The molecule has 5 nitrogen and oxygen atoms in total. The van der Waals surface area contributed by atoms with Crippen molar-refractivity contribution in [1.82, 2.24) is 14.5 Å². The Labute approximate surface area is 180 Å². The minimum Gasteiger partial charge on any atom is -0.454 e. The Balaban J connectivity index is 1.41. The highest BCUT2D eigenvalue weighted by molar-refractivity contribution is 7.21. The fourth-order valence-corrected chi connectivity index (χ4v) is 5.90. The van der Waals surface area contributed by atoms with Gasteiger partial charge in [0.25, 0.3) is 5.56 Å². The predicted molar refractivity (Wildman–Crippen MR) is 123 cm³/mol. The first-order chi connectivity index (χ1) is 14.6. The monoisotopic (exact) mass is 431 g/mol. The van der Waals surface area contributed by atoms with E-state index in [1.807, 2.05) is 50.3 Å². The van der Waals surface area contributed by atoms with Gasteiger partial charge in [0.15, 0.2) is 10.8 Å². The van der Waals surface area contributed by atoms with E-state index in [4.69, 9.17) is 9.40 Å². The highest BCUT2D eigenvalue weighted by Crippen LogP contribution is 2.34. The second-order valence-electron chi connectivity index (χ2n) is 7.46. The Morgan fingerprint density at radius 1 is 1.10 bits per heavy atom. The van der Waals surface area contributed by atoms with Crippen molar-refractivity contribution >= 4 is 54.8 Å². The molecule has 0 atom stereocenters. The van der Waals surface area contributed by atoms with Gasteiger partial charge in [0.05, 0.1) is 15.6 Å². The van der Waals surface area contributed by atoms with Crippen LogP contribution < -0.4 is 5.56 Å². The van der Waals surface area contributed by atoms with Crippen molar-refractivity contribution in [2.45, 2.75) is 26.8 Å². The zero-order chi connectivity index (χ0) is 20.4. The van der Waals surface area contributed by atoms with Crippen LogP contribution in [0.1, 0.15) is 28.4 Å². The quantitative estimate of drug-likeness (QED) is 0.350. The number of aromatic nitrogens is 3. The molecule has 0 spiro atoms. The van der Waals surface area contributed by atoms with Crippen LogP contribution in [0.15, 0.2) is 45.6 Å². The summed E-state index contributed by atoms with van der Waals surface area (Å²) >= 11 is 3.21. The van der Waals surface area contributed by atoms with Crippen molar-refractivity contribution in [2.75, 3.05) is 0 Å². The summed E-state index contributed by atoms with van der Waals surface area (Å²) in [6.45, 7) is 4.70. The zero-order valence-corrected chi connectivity index (χ0v) is 18.1. The Bertz CT molecular complexity index is 1520. The molecule has 7 heteroatoms. The molecule has 0 saturated heterocycles. The highest BCUT2D eigenvalue weighted by Gasteiger charge is 2.23. The van der Waals surface area contributed by atoms with Crippen LogP contribution in [0.4, 0.5) is 0 Å². The summed E-state index contributed by atoms with van der Waals surface area (Å²) in [5, 5.41) is 1.63. The van der Waals surface area contributed by atoms with E-state index in [1.165, 1.54) is 0 Å². The van der Waals surface area contributed by atoms with Gasteiger partial charge in [0.1, 0.15) is 16.4 Å². The number of rotatable bonds is 2. The highest BCUT2D eigenvalue weighted by atomic mass is 32.1. The van der Waals surface area contributed by atoms with E-state index in [0.29, 0.717) is 6.54 Å². The first-order valence-corrected chi connectivity index (χ1v) is 11.4. The SMILES string of the molecule is Cc1sc2nc3n(c(=O)c2c1C)CC/C3=C/c1ccc(-c2nc3ccccc3s2)o1. The van der Waals surface area contributed by atoms with E-state index >= 15 is 0 Å². The van der Waals surface area contributed by atoms with Gasteiger partial charge in [-0.1, -0.05) is 12.1 Å². The average molecular weight is 432 g/mol. The van der Waals surface area contributed by atoms with E-state index in [9.17, 15) is 4.79 Å². The zero-order valence-electron chi connectivity index (χ0n) is 16.4. The topological polar surface area (TPSA) is 60.9 Å². The van der Waals surface area contributed by atoms with Crippen molar-refractivity contribution in [1.29, 1.82) is 0 Å². The summed E-state index contributed by atoms with van der Waals surface area (Å²) in [4.78, 5) is 24.5. The maximum atomic E-state index is 13.0. The molecule has 148 valence electrons. The average Bonchev–Trinajstić information content (AvgIpc) is 3.49. The Kier molecular flexibility index (Phi) is 3.85. The number of para-hydroxylation sites is 1. The number of hydrogen-bond donors (Lipinski definition) is 0. The number of thiazole rings is 1. The van der Waals surface area contributed by atoms with Crippen molar-refractivity contribution in [3.8, 4) is 10.8 Å². The molecule has 5 heterocycles. The lowest BCUT2D eigenvalue weighted by Crippen LogP contribution is -2.20. The van der Waals surface area contributed by atoms with Crippen LogP contribution in [-0.2, 0) is 6.54 Å². The standard InChI is InChI=1S/C23H17N3O2S2/c1-12-13(2)29-22-19(12)23(27)26-10-9-14(20(26)25-22)11-15-7-8-17(28-15)21-24-16-5-3-4-6-18(16)30-21/h3-8,11H,9-10H2,1-2H3/b14-11-. The molecule has 1 aliphatic heterocycles. The molecule has 30 heavy (non-hydrogen) atoms. The lowest BCUT2D eigenvalue weighted by molar-refractivity contribution is 0.571. The summed E-state index contributed by atoms with van der Waals surface area (Å²) in [6, 6.07) is 12.0. The van der Waals surface area contributed by atoms with Gasteiger partial charge in [-0.25, -0.2) is 9.97 Å². The molecule has 0 radical (unpaired) electrons. The molecule has 0 amide bonds. The minimum atomic E-state index is 0.0647. The number of fused-ring (bicyclic) bond motifs is 3. The molecule has 5 aromatic rings. The van der Waals surface area contributed by atoms with Crippen LogP contribution in [0.25, 0.3) is 42.9 Å². The lowest BCUT2D eigenvalue weighted by Gasteiger charge is -2.03. The van der Waals surface area contributed by atoms with Gasteiger partial charge in [-0.2, -0.15) is 0 Å². The number of nitrogens with zero attached hydrogens (tertiary/aromatic N) is 3. The normalized spacial score (nSPS) is 14.9. The third kappa shape index (κ3) is 2.62. The van der Waals surface area contributed by atoms with E-state index in [1.54, 1.807) is 27.2 Å². The molecule has 4 aromatic heterocycles. The van der Waals surface area contributed by atoms with Crippen LogP contribution in [0, 0.1) is 13.8 Å². The molecular formula is C23H17N3O2S2. The van der Waals surface area contributed by atoms with Crippen LogP contribution in [-0.4, -0.2) is 14.5 Å². The van der Waals surface area contributed by atoms with Gasteiger partial charge in [0.2, 0.25) is 0 Å². The van der Waals surface area contributed by atoms with E-state index < -0.39 is 0 Å². The Morgan fingerprint density at radius 2 is 1.97 bits per heavy atom. The van der Waals surface area contributed by atoms with Gasteiger partial charge >= 0.3 is 0 Å². The number of hydrogen-bond acceptors (Lipinski definition) is 6. The number of aryl methyl sites for hydroxylation is 2. The van der Waals surface area contributed by atoms with E-state index in [0.717, 1.165) is 65.2 Å². The predicted octanol–water partition coefficient (Wildman–Crippen LogP) is 5.89. The molecule has 1 aliphatic rings. The van der Waals surface area contributed by atoms with Gasteiger partial charge in [-0.3, -0.25) is 9.36 Å². The second kappa shape index (κ2) is 6.48. The molecular weight excluding hydrogens is 414 g/mol.